The maximum atomic E-state index is 14.1. The highest BCUT2D eigenvalue weighted by atomic mass is 35.5. The smallest absolute Gasteiger partial charge is 0.430 e. The number of guanidine groups is 1. The van der Waals surface area contributed by atoms with Gasteiger partial charge < -0.3 is 34.7 Å². The van der Waals surface area contributed by atoms with E-state index in [1.807, 2.05) is 43.0 Å². The van der Waals surface area contributed by atoms with Crippen molar-refractivity contribution >= 4 is 62.0 Å². The second kappa shape index (κ2) is 18.1. The van der Waals surface area contributed by atoms with E-state index >= 15 is 0 Å². The van der Waals surface area contributed by atoms with Gasteiger partial charge in [0.15, 0.2) is 5.96 Å². The molecule has 3 aromatic rings. The molecule has 56 heavy (non-hydrogen) atoms. The Balaban J connectivity index is 0.000000908. The van der Waals surface area contributed by atoms with Crippen molar-refractivity contribution in [2.75, 3.05) is 60.4 Å². The fraction of sp³-hybridized carbons (Fsp3) is 0.514. The zero-order valence-electron chi connectivity index (χ0n) is 32.0. The number of rotatable bonds is 11. The molecule has 3 N–H and O–H groups in total. The van der Waals surface area contributed by atoms with Crippen LogP contribution in [0, 0.1) is 13.8 Å². The number of amides is 1. The van der Waals surface area contributed by atoms with Gasteiger partial charge in [-0.05, 0) is 56.5 Å². The Bertz CT molecular complexity index is 2050. The number of halogens is 5. The van der Waals surface area contributed by atoms with Crippen molar-refractivity contribution in [3.8, 4) is 5.75 Å². The van der Waals surface area contributed by atoms with Crippen LogP contribution >= 0.6 is 23.2 Å². The number of carboxylic acid groups (broad SMARTS) is 1. The van der Waals surface area contributed by atoms with E-state index in [-0.39, 0.29) is 27.5 Å². The molecule has 1 aliphatic carbocycles. The van der Waals surface area contributed by atoms with Crippen molar-refractivity contribution in [2.45, 2.75) is 69.2 Å². The third-order valence-corrected chi connectivity index (χ3v) is 12.0. The Kier molecular flexibility index (Phi) is 14.5. The molecule has 19 heteroatoms. The van der Waals surface area contributed by atoms with Crippen LogP contribution in [0.1, 0.15) is 48.9 Å². The van der Waals surface area contributed by atoms with Gasteiger partial charge >= 0.3 is 6.18 Å². The number of carbonyl (C=O) groups excluding carboxylic acids is 2. The number of benzene rings is 2. The number of nitrogens with zero attached hydrogens (tertiary/aromatic N) is 5. The molecule has 2 aliphatic rings. The van der Waals surface area contributed by atoms with Gasteiger partial charge in [-0.3, -0.25) is 9.79 Å². The van der Waals surface area contributed by atoms with Crippen LogP contribution in [0.15, 0.2) is 46.3 Å². The maximum absolute atomic E-state index is 14.1. The minimum atomic E-state index is -5.19. The first kappa shape index (κ1) is 44.8. The van der Waals surface area contributed by atoms with E-state index in [2.05, 4.69) is 35.8 Å². The molecule has 2 fully saturated rings. The monoisotopic (exact) mass is 845 g/mol. The number of aliphatic carboxylic acids is 1. The number of piperazine rings is 1. The molecule has 5 rings (SSSR count). The van der Waals surface area contributed by atoms with Crippen molar-refractivity contribution in [1.82, 2.24) is 19.5 Å². The van der Waals surface area contributed by atoms with Crippen LogP contribution in [0.2, 0.25) is 10.0 Å². The summed E-state index contributed by atoms with van der Waals surface area (Å²) < 4.78 is 69.4. The lowest BCUT2D eigenvalue weighted by Gasteiger charge is -2.40. The van der Waals surface area contributed by atoms with Crippen molar-refractivity contribution < 1.29 is 45.5 Å². The average molecular weight is 847 g/mol. The van der Waals surface area contributed by atoms with E-state index in [0.717, 1.165) is 46.9 Å². The standard InChI is InChI=1S/C35H48Cl2N7O4S.C2HF3O2/c1-24-22-25(2)40-32-26(24)10-8-11-29(32)48-23-27-28(36)12-13-30(31(27)37)49(46,47)41-35(14-6-7-15-35)33(45)42-17-19-43(20-18-42)34(38)39-16-9-21-44(3,4)5;3-2(4,5)1(6)7/h8,10-13,22,41H,6-7,9,14-21,23H2,1-5H3,(H2,38,39);(H,6,7)/q+1;/p-1. The molecule has 0 unspecified atom stereocenters. The van der Waals surface area contributed by atoms with Gasteiger partial charge in [-0.25, -0.2) is 13.4 Å². The quantitative estimate of drug-likeness (QED) is 0.124. The summed E-state index contributed by atoms with van der Waals surface area (Å²) in [6.07, 6.45) is -2.01. The number of alkyl halides is 3. The zero-order chi connectivity index (χ0) is 41.6. The summed E-state index contributed by atoms with van der Waals surface area (Å²) in [5.74, 6) is -2.22. The van der Waals surface area contributed by atoms with Crippen molar-refractivity contribution in [2.24, 2.45) is 10.7 Å². The molecular formula is C37H48Cl2F3N7O6S. The minimum absolute atomic E-state index is 0.0500. The number of nitrogens with one attached hydrogen (secondary N) is 1. The number of aromatic nitrogens is 1. The number of sulfonamides is 1. The lowest BCUT2D eigenvalue weighted by Crippen LogP contribution is -2.62. The number of hydrogen-bond donors (Lipinski definition) is 2. The van der Waals surface area contributed by atoms with Gasteiger partial charge in [-0.1, -0.05) is 48.2 Å². The van der Waals surface area contributed by atoms with E-state index in [4.69, 9.17) is 43.6 Å². The molecule has 13 nitrogen and oxygen atoms in total. The Morgan fingerprint density at radius 1 is 1.05 bits per heavy atom. The fourth-order valence-electron chi connectivity index (χ4n) is 6.67. The van der Waals surface area contributed by atoms with E-state index < -0.39 is 27.7 Å². The minimum Gasteiger partial charge on any atom is -0.542 e. The summed E-state index contributed by atoms with van der Waals surface area (Å²) in [5, 5.41) is 9.96. The summed E-state index contributed by atoms with van der Waals surface area (Å²) in [7, 11) is 2.19. The van der Waals surface area contributed by atoms with E-state index in [1.165, 1.54) is 12.1 Å². The molecule has 1 saturated carbocycles. The second-order valence-electron chi connectivity index (χ2n) is 14.9. The van der Waals surface area contributed by atoms with Crippen LogP contribution < -0.4 is 20.3 Å². The van der Waals surface area contributed by atoms with Crippen LogP contribution in [0.5, 0.6) is 5.75 Å². The fourth-order valence-corrected chi connectivity index (χ4v) is 8.97. The van der Waals surface area contributed by atoms with Crippen LogP contribution in [0.4, 0.5) is 13.2 Å². The first-order valence-corrected chi connectivity index (χ1v) is 20.2. The van der Waals surface area contributed by atoms with Crippen molar-refractivity contribution in [1.29, 1.82) is 0 Å². The predicted octanol–water partition coefficient (Wildman–Crippen LogP) is 4.18. The predicted molar refractivity (Wildman–Crippen MR) is 207 cm³/mol. The molecule has 0 bridgehead atoms. The Labute approximate surface area is 335 Å². The SMILES string of the molecule is Cc1cc(C)c2cccc(OCc3c(Cl)ccc(S(=O)(=O)NC4(C(=O)N5CCN(C(N)=NCCC[N+](C)(C)C)CC5)CCCC4)c3Cl)c2n1.O=C([O-])C(F)(F)F. The number of aliphatic imine (C=N–C) groups is 1. The summed E-state index contributed by atoms with van der Waals surface area (Å²) >= 11 is 13.3. The third kappa shape index (κ3) is 11.4. The Morgan fingerprint density at radius 3 is 2.25 bits per heavy atom. The van der Waals surface area contributed by atoms with Crippen LogP contribution in [0.25, 0.3) is 10.9 Å². The summed E-state index contributed by atoms with van der Waals surface area (Å²) in [6, 6.07) is 10.5. The maximum Gasteiger partial charge on any atom is 0.430 e. The first-order chi connectivity index (χ1) is 26.0. The Hall–Kier alpha value is -3.90. The zero-order valence-corrected chi connectivity index (χ0v) is 34.3. The number of nitrogens with two attached hydrogens (primary N) is 1. The van der Waals surface area contributed by atoms with E-state index in [1.54, 1.807) is 4.90 Å². The number of hydrogen-bond acceptors (Lipinski definition) is 8. The number of ether oxygens (including phenoxy) is 1. The second-order valence-corrected chi connectivity index (χ2v) is 17.4. The number of quaternary nitrogens is 1. The molecule has 0 atom stereocenters. The van der Waals surface area contributed by atoms with Gasteiger partial charge in [-0.2, -0.15) is 17.9 Å². The van der Waals surface area contributed by atoms with Crippen LogP contribution in [-0.2, 0) is 26.2 Å². The highest BCUT2D eigenvalue weighted by Gasteiger charge is 2.47. The largest absolute Gasteiger partial charge is 0.542 e. The molecule has 308 valence electrons. The number of carboxylic acids is 1. The van der Waals surface area contributed by atoms with Crippen LogP contribution in [-0.4, -0.2) is 118 Å². The molecular weight excluding hydrogens is 798 g/mol. The average Bonchev–Trinajstić information content (AvgIpc) is 3.58. The normalized spacial score (nSPS) is 16.4. The van der Waals surface area contributed by atoms with Gasteiger partial charge in [0.2, 0.25) is 15.9 Å². The lowest BCUT2D eigenvalue weighted by molar-refractivity contribution is -0.870. The van der Waals surface area contributed by atoms with E-state index in [0.29, 0.717) is 68.4 Å². The molecule has 0 spiro atoms. The molecule has 2 aromatic carbocycles. The molecule has 1 aromatic heterocycles. The topological polar surface area (TPSA) is 170 Å². The van der Waals surface area contributed by atoms with Crippen LogP contribution in [0.3, 0.4) is 0 Å². The van der Waals surface area contributed by atoms with Crippen molar-refractivity contribution in [3.05, 3.63) is 63.3 Å². The summed E-state index contributed by atoms with van der Waals surface area (Å²) in [4.78, 5) is 35.6. The number of aryl methyl sites for hydroxylation is 2. The molecule has 2 heterocycles. The highest BCUT2D eigenvalue weighted by Crippen LogP contribution is 2.37. The Morgan fingerprint density at radius 2 is 1.66 bits per heavy atom. The summed E-state index contributed by atoms with van der Waals surface area (Å²) in [6.45, 7) is 7.38. The van der Waals surface area contributed by atoms with Gasteiger partial charge in [0.1, 0.15) is 34.3 Å². The van der Waals surface area contributed by atoms with Gasteiger partial charge in [0.05, 0.1) is 32.7 Å². The molecule has 0 radical (unpaired) electrons. The number of pyridine rings is 1. The molecule has 1 aliphatic heterocycles. The van der Waals surface area contributed by atoms with E-state index in [9.17, 15) is 26.4 Å². The van der Waals surface area contributed by atoms with Gasteiger partial charge in [0.25, 0.3) is 0 Å². The highest BCUT2D eigenvalue weighted by molar-refractivity contribution is 7.89. The summed E-state index contributed by atoms with van der Waals surface area (Å²) in [5.41, 5.74) is 7.97. The molecule has 1 saturated heterocycles. The van der Waals surface area contributed by atoms with Gasteiger partial charge in [-0.15, -0.1) is 0 Å². The number of carbonyl (C=O) groups is 2. The van der Waals surface area contributed by atoms with Gasteiger partial charge in [0, 0.05) is 60.8 Å². The number of para-hydroxylation sites is 1. The third-order valence-electron chi connectivity index (χ3n) is 9.53. The molecule has 1 amide bonds. The number of fused-ring (bicyclic) bond motifs is 1. The lowest BCUT2D eigenvalue weighted by atomic mass is 9.96. The van der Waals surface area contributed by atoms with Crippen molar-refractivity contribution in [3.63, 3.8) is 0 Å². The first-order valence-electron chi connectivity index (χ1n) is 18.0.